The molecule has 0 radical (unpaired) electrons. The summed E-state index contributed by atoms with van der Waals surface area (Å²) in [5.74, 6) is 1.21. The fraction of sp³-hybridized carbons (Fsp3) is 0.312. The monoisotopic (exact) mass is 318 g/mol. The van der Waals surface area contributed by atoms with Crippen LogP contribution in [0, 0.1) is 0 Å². The summed E-state index contributed by atoms with van der Waals surface area (Å²) in [6, 6.07) is 9.95. The highest BCUT2D eigenvalue weighted by Crippen LogP contribution is 2.35. The molecule has 1 aliphatic heterocycles. The lowest BCUT2D eigenvalue weighted by atomic mass is 10.1. The Hall–Kier alpha value is -2.05. The molecular formula is C16H18N2O3S. The van der Waals surface area contributed by atoms with E-state index in [4.69, 9.17) is 15.2 Å². The zero-order valence-electron chi connectivity index (χ0n) is 12.2. The van der Waals surface area contributed by atoms with E-state index in [2.05, 4.69) is 11.4 Å². The summed E-state index contributed by atoms with van der Waals surface area (Å²) >= 11 is 1.72. The third-order valence-corrected chi connectivity index (χ3v) is 4.44. The number of thiophene rings is 1. The summed E-state index contributed by atoms with van der Waals surface area (Å²) < 4.78 is 10.9. The molecule has 0 fully saturated rings. The number of amides is 1. The summed E-state index contributed by atoms with van der Waals surface area (Å²) in [4.78, 5) is 14.7. The van der Waals surface area contributed by atoms with E-state index in [1.165, 1.54) is 4.88 Å². The van der Waals surface area contributed by atoms with Crippen molar-refractivity contribution in [2.24, 2.45) is 5.73 Å². The molecule has 0 unspecified atom stereocenters. The minimum absolute atomic E-state index is 0.232. The summed E-state index contributed by atoms with van der Waals surface area (Å²) in [6.07, 6.45) is 0.900. The zero-order chi connectivity index (χ0) is 15.4. The average Bonchev–Trinajstić information content (AvgIpc) is 3.16. The molecule has 1 aromatic heterocycles. The van der Waals surface area contributed by atoms with Gasteiger partial charge < -0.3 is 15.2 Å². The van der Waals surface area contributed by atoms with Gasteiger partial charge >= 0.3 is 0 Å². The van der Waals surface area contributed by atoms with Crippen LogP contribution in [0.4, 0.5) is 0 Å². The summed E-state index contributed by atoms with van der Waals surface area (Å²) in [6.45, 7) is 1.86. The Bertz CT molecular complexity index is 643. The summed E-state index contributed by atoms with van der Waals surface area (Å²) in [5.41, 5.74) is 6.39. The Balaban J connectivity index is 1.69. The van der Waals surface area contributed by atoms with Gasteiger partial charge in [-0.05, 0) is 23.9 Å². The molecule has 116 valence electrons. The van der Waals surface area contributed by atoms with Gasteiger partial charge in [-0.3, -0.25) is 9.69 Å². The lowest BCUT2D eigenvalue weighted by Gasteiger charge is -2.21. The van der Waals surface area contributed by atoms with E-state index < -0.39 is 0 Å². The lowest BCUT2D eigenvalue weighted by Crippen LogP contribution is -2.34. The number of nitrogens with zero attached hydrogens (tertiary/aromatic N) is 1. The van der Waals surface area contributed by atoms with Crippen molar-refractivity contribution in [1.29, 1.82) is 0 Å². The number of primary amides is 1. The molecule has 5 nitrogen and oxygen atoms in total. The number of rotatable bonds is 7. The third-order valence-electron chi connectivity index (χ3n) is 3.51. The van der Waals surface area contributed by atoms with Gasteiger partial charge in [0, 0.05) is 23.5 Å². The molecule has 0 bridgehead atoms. The second-order valence-corrected chi connectivity index (χ2v) is 6.19. The molecule has 0 aliphatic carbocycles. The van der Waals surface area contributed by atoms with E-state index in [0.29, 0.717) is 6.54 Å². The van der Waals surface area contributed by atoms with E-state index in [-0.39, 0.29) is 19.2 Å². The Labute approximate surface area is 133 Å². The van der Waals surface area contributed by atoms with E-state index in [1.54, 1.807) is 11.3 Å². The standard InChI is InChI=1S/C16H18N2O3S/c17-15(19)10-18(7-6-13-4-2-8-22-13)9-12-3-1-5-14-16(12)21-11-20-14/h1-5,8H,6-7,9-11H2,(H2,17,19). The molecule has 1 aliphatic rings. The number of ether oxygens (including phenoxy) is 2. The smallest absolute Gasteiger partial charge is 0.231 e. The van der Waals surface area contributed by atoms with Gasteiger partial charge in [0.1, 0.15) is 0 Å². The van der Waals surface area contributed by atoms with E-state index in [9.17, 15) is 4.79 Å². The first-order chi connectivity index (χ1) is 10.7. The van der Waals surface area contributed by atoms with Crippen LogP contribution in [0.25, 0.3) is 0 Å². The van der Waals surface area contributed by atoms with Crippen LogP contribution in [-0.2, 0) is 17.8 Å². The molecule has 0 saturated heterocycles. The lowest BCUT2D eigenvalue weighted by molar-refractivity contribution is -0.119. The second kappa shape index (κ2) is 6.81. The Morgan fingerprint density at radius 2 is 2.18 bits per heavy atom. The molecule has 0 spiro atoms. The van der Waals surface area contributed by atoms with Crippen LogP contribution in [0.15, 0.2) is 35.7 Å². The SMILES string of the molecule is NC(=O)CN(CCc1cccs1)Cc1cccc2c1OCO2. The first kappa shape index (κ1) is 14.9. The number of hydrogen-bond acceptors (Lipinski definition) is 5. The largest absolute Gasteiger partial charge is 0.454 e. The minimum Gasteiger partial charge on any atom is -0.454 e. The maximum Gasteiger partial charge on any atom is 0.231 e. The number of carbonyl (C=O) groups excluding carboxylic acids is 1. The number of fused-ring (bicyclic) bond motifs is 1. The van der Waals surface area contributed by atoms with Gasteiger partial charge in [-0.1, -0.05) is 18.2 Å². The van der Waals surface area contributed by atoms with Crippen molar-refractivity contribution >= 4 is 17.2 Å². The van der Waals surface area contributed by atoms with E-state index >= 15 is 0 Å². The molecule has 0 saturated carbocycles. The van der Waals surface area contributed by atoms with Gasteiger partial charge in [0.25, 0.3) is 0 Å². The highest BCUT2D eigenvalue weighted by Gasteiger charge is 2.19. The van der Waals surface area contributed by atoms with Crippen LogP contribution in [0.3, 0.4) is 0 Å². The summed E-state index contributed by atoms with van der Waals surface area (Å²) in [5, 5.41) is 2.06. The number of carbonyl (C=O) groups is 1. The predicted molar refractivity (Wildman–Crippen MR) is 85.1 cm³/mol. The van der Waals surface area contributed by atoms with Gasteiger partial charge in [0.05, 0.1) is 6.54 Å². The van der Waals surface area contributed by atoms with Crippen molar-refractivity contribution in [3.63, 3.8) is 0 Å². The fourth-order valence-corrected chi connectivity index (χ4v) is 3.21. The zero-order valence-corrected chi connectivity index (χ0v) is 13.0. The van der Waals surface area contributed by atoms with Crippen LogP contribution in [0.5, 0.6) is 11.5 Å². The van der Waals surface area contributed by atoms with Crippen molar-refractivity contribution < 1.29 is 14.3 Å². The second-order valence-electron chi connectivity index (χ2n) is 5.16. The Kier molecular flexibility index (Phi) is 4.60. The van der Waals surface area contributed by atoms with Gasteiger partial charge in [-0.25, -0.2) is 0 Å². The van der Waals surface area contributed by atoms with Crippen LogP contribution < -0.4 is 15.2 Å². The van der Waals surface area contributed by atoms with Crippen molar-refractivity contribution in [3.05, 3.63) is 46.2 Å². The number of benzene rings is 1. The normalized spacial score (nSPS) is 12.8. The molecule has 0 atom stereocenters. The minimum atomic E-state index is -0.323. The molecule has 2 heterocycles. The average molecular weight is 318 g/mol. The van der Waals surface area contributed by atoms with Gasteiger partial charge in [-0.2, -0.15) is 0 Å². The number of hydrogen-bond donors (Lipinski definition) is 1. The fourth-order valence-electron chi connectivity index (χ4n) is 2.51. The van der Waals surface area contributed by atoms with Crippen LogP contribution >= 0.6 is 11.3 Å². The Morgan fingerprint density at radius 3 is 2.95 bits per heavy atom. The quantitative estimate of drug-likeness (QED) is 0.848. The van der Waals surface area contributed by atoms with E-state index in [0.717, 1.165) is 30.0 Å². The molecule has 22 heavy (non-hydrogen) atoms. The van der Waals surface area contributed by atoms with Crippen molar-refractivity contribution in [2.75, 3.05) is 19.9 Å². The third kappa shape index (κ3) is 3.58. The van der Waals surface area contributed by atoms with E-state index in [1.807, 2.05) is 29.2 Å². The molecule has 1 amide bonds. The maximum absolute atomic E-state index is 11.3. The number of para-hydroxylation sites is 1. The topological polar surface area (TPSA) is 64.8 Å². The molecular weight excluding hydrogens is 300 g/mol. The van der Waals surface area contributed by atoms with Crippen molar-refractivity contribution in [2.45, 2.75) is 13.0 Å². The first-order valence-corrected chi connectivity index (χ1v) is 8.01. The number of nitrogens with two attached hydrogens (primary N) is 1. The molecule has 6 heteroatoms. The highest BCUT2D eigenvalue weighted by atomic mass is 32.1. The molecule has 2 N–H and O–H groups in total. The molecule has 1 aromatic carbocycles. The predicted octanol–water partition coefficient (Wildman–Crippen LogP) is 2.01. The molecule has 2 aromatic rings. The highest BCUT2D eigenvalue weighted by molar-refractivity contribution is 7.09. The summed E-state index contributed by atoms with van der Waals surface area (Å²) in [7, 11) is 0. The van der Waals surface area contributed by atoms with Crippen LogP contribution in [-0.4, -0.2) is 30.7 Å². The van der Waals surface area contributed by atoms with Gasteiger partial charge in [-0.15, -0.1) is 11.3 Å². The van der Waals surface area contributed by atoms with Gasteiger partial charge in [0.2, 0.25) is 12.7 Å². The first-order valence-electron chi connectivity index (χ1n) is 7.13. The van der Waals surface area contributed by atoms with Crippen molar-refractivity contribution in [1.82, 2.24) is 4.90 Å². The van der Waals surface area contributed by atoms with Crippen LogP contribution in [0.2, 0.25) is 0 Å². The maximum atomic E-state index is 11.3. The van der Waals surface area contributed by atoms with Crippen molar-refractivity contribution in [3.8, 4) is 11.5 Å². The Morgan fingerprint density at radius 1 is 1.27 bits per heavy atom. The van der Waals surface area contributed by atoms with Gasteiger partial charge in [0.15, 0.2) is 11.5 Å². The molecule has 3 rings (SSSR count). The van der Waals surface area contributed by atoms with Crippen LogP contribution in [0.1, 0.15) is 10.4 Å².